The van der Waals surface area contributed by atoms with E-state index in [1.165, 1.54) is 19.3 Å². The first kappa shape index (κ1) is 12.9. The van der Waals surface area contributed by atoms with Crippen molar-refractivity contribution in [2.75, 3.05) is 0 Å². The van der Waals surface area contributed by atoms with Crippen LogP contribution >= 0.6 is 0 Å². The lowest BCUT2D eigenvalue weighted by atomic mass is 9.54. The summed E-state index contributed by atoms with van der Waals surface area (Å²) >= 11 is 0. The van der Waals surface area contributed by atoms with Crippen molar-refractivity contribution in [1.29, 1.82) is 0 Å². The maximum absolute atomic E-state index is 12.0. The van der Waals surface area contributed by atoms with E-state index in [1.54, 1.807) is 0 Å². The van der Waals surface area contributed by atoms with Gasteiger partial charge in [-0.1, -0.05) is 0 Å². The Morgan fingerprint density at radius 1 is 1.16 bits per heavy atom. The summed E-state index contributed by atoms with van der Waals surface area (Å²) < 4.78 is 5.69. The lowest BCUT2D eigenvalue weighted by Gasteiger charge is -2.55. The Kier molecular flexibility index (Phi) is 3.04. The van der Waals surface area contributed by atoms with Crippen molar-refractivity contribution >= 4 is 11.9 Å². The summed E-state index contributed by atoms with van der Waals surface area (Å²) in [4.78, 5) is 22.5. The normalized spacial score (nSPS) is 41.0. The first-order valence-corrected chi connectivity index (χ1v) is 7.16. The fourth-order valence-corrected chi connectivity index (χ4v) is 4.72. The van der Waals surface area contributed by atoms with E-state index < -0.39 is 18.0 Å². The summed E-state index contributed by atoms with van der Waals surface area (Å²) in [7, 11) is 0. The van der Waals surface area contributed by atoms with Gasteiger partial charge < -0.3 is 15.6 Å². The monoisotopic (exact) mass is 267 g/mol. The summed E-state index contributed by atoms with van der Waals surface area (Å²) in [5, 5.41) is 8.67. The zero-order chi connectivity index (χ0) is 13.6. The average molecular weight is 267 g/mol. The summed E-state index contributed by atoms with van der Waals surface area (Å²) in [6.07, 6.45) is 6.32. The fourth-order valence-electron chi connectivity index (χ4n) is 4.72. The van der Waals surface area contributed by atoms with E-state index in [-0.39, 0.29) is 12.0 Å². The van der Waals surface area contributed by atoms with E-state index in [1.807, 2.05) is 0 Å². The molecule has 4 saturated carbocycles. The number of carboxylic acids is 1. The molecule has 19 heavy (non-hydrogen) atoms. The second-order valence-electron chi connectivity index (χ2n) is 6.73. The number of carbonyl (C=O) groups is 2. The van der Waals surface area contributed by atoms with Gasteiger partial charge in [0.25, 0.3) is 0 Å². The molecule has 0 saturated heterocycles. The van der Waals surface area contributed by atoms with Crippen LogP contribution in [0.2, 0.25) is 0 Å². The van der Waals surface area contributed by atoms with E-state index in [4.69, 9.17) is 15.6 Å². The number of hydrogen-bond acceptors (Lipinski definition) is 4. The third-order valence-corrected chi connectivity index (χ3v) is 5.00. The molecule has 4 bridgehead atoms. The number of esters is 1. The van der Waals surface area contributed by atoms with Gasteiger partial charge in [0.1, 0.15) is 11.6 Å². The number of ether oxygens (including phenoxy) is 1. The Labute approximate surface area is 112 Å². The number of nitrogens with two attached hydrogens (primary N) is 1. The molecule has 0 unspecified atom stereocenters. The van der Waals surface area contributed by atoms with Crippen LogP contribution in [0.3, 0.4) is 0 Å². The zero-order valence-corrected chi connectivity index (χ0v) is 11.0. The predicted octanol–water partition coefficient (Wildman–Crippen LogP) is 1.30. The first-order valence-electron chi connectivity index (χ1n) is 7.16. The molecule has 0 amide bonds. The van der Waals surface area contributed by atoms with E-state index in [0.717, 1.165) is 19.3 Å². The van der Waals surface area contributed by atoms with Gasteiger partial charge in [-0.15, -0.1) is 0 Å². The van der Waals surface area contributed by atoms with Gasteiger partial charge in [-0.3, -0.25) is 9.59 Å². The van der Waals surface area contributed by atoms with Gasteiger partial charge in [0.15, 0.2) is 0 Å². The second-order valence-corrected chi connectivity index (χ2v) is 6.73. The predicted molar refractivity (Wildman–Crippen MR) is 67.2 cm³/mol. The van der Waals surface area contributed by atoms with Gasteiger partial charge in [0, 0.05) is 0 Å². The van der Waals surface area contributed by atoms with Crippen molar-refractivity contribution in [1.82, 2.24) is 0 Å². The van der Waals surface area contributed by atoms with Gasteiger partial charge >= 0.3 is 11.9 Å². The third kappa shape index (κ3) is 2.48. The summed E-state index contributed by atoms with van der Waals surface area (Å²) in [6.45, 7) is 0. The summed E-state index contributed by atoms with van der Waals surface area (Å²) in [6, 6.07) is -1.04. The minimum absolute atomic E-state index is 0.331. The molecule has 0 aliphatic heterocycles. The van der Waals surface area contributed by atoms with Crippen molar-refractivity contribution in [2.45, 2.75) is 56.6 Å². The van der Waals surface area contributed by atoms with Crippen LogP contribution in [0.4, 0.5) is 0 Å². The van der Waals surface area contributed by atoms with Crippen molar-refractivity contribution in [3.05, 3.63) is 0 Å². The Bertz CT molecular complexity index is 371. The summed E-state index contributed by atoms with van der Waals surface area (Å²) in [5.74, 6) is 0.471. The van der Waals surface area contributed by atoms with Gasteiger partial charge in [-0.05, 0) is 56.3 Å². The molecule has 5 nitrogen and oxygen atoms in total. The van der Waals surface area contributed by atoms with Crippen LogP contribution in [0, 0.1) is 17.8 Å². The van der Waals surface area contributed by atoms with Crippen LogP contribution < -0.4 is 5.73 Å². The van der Waals surface area contributed by atoms with Gasteiger partial charge in [-0.25, -0.2) is 0 Å². The number of hydrogen-bond donors (Lipinski definition) is 2. The van der Waals surface area contributed by atoms with Crippen molar-refractivity contribution in [3.63, 3.8) is 0 Å². The molecule has 0 heterocycles. The maximum Gasteiger partial charge on any atom is 0.324 e. The standard InChI is InChI=1S/C14H21NO4/c15-11(4-12(16)17)13(18)19-14-5-8-1-9(6-14)3-10(2-8)7-14/h8-11H,1-7,15H2,(H,16,17)/t8?,9?,10?,11-,14?/m0/s1. The molecule has 0 aromatic rings. The Morgan fingerprint density at radius 3 is 2.05 bits per heavy atom. The highest BCUT2D eigenvalue weighted by molar-refractivity contribution is 5.82. The van der Waals surface area contributed by atoms with Crippen LogP contribution in [-0.4, -0.2) is 28.7 Å². The number of carboxylic acid groups (broad SMARTS) is 1. The molecule has 3 N–H and O–H groups in total. The van der Waals surface area contributed by atoms with Crippen LogP contribution in [-0.2, 0) is 14.3 Å². The number of rotatable bonds is 4. The Morgan fingerprint density at radius 2 is 1.63 bits per heavy atom. The lowest BCUT2D eigenvalue weighted by Crippen LogP contribution is -2.54. The molecule has 106 valence electrons. The molecular weight excluding hydrogens is 246 g/mol. The smallest absolute Gasteiger partial charge is 0.324 e. The number of aliphatic carboxylic acids is 1. The van der Waals surface area contributed by atoms with Crippen LogP contribution in [0.1, 0.15) is 44.9 Å². The van der Waals surface area contributed by atoms with E-state index >= 15 is 0 Å². The van der Waals surface area contributed by atoms with E-state index in [2.05, 4.69) is 0 Å². The quantitative estimate of drug-likeness (QED) is 0.749. The molecule has 0 spiro atoms. The largest absolute Gasteiger partial charge is 0.481 e. The highest BCUT2D eigenvalue weighted by Gasteiger charge is 2.53. The van der Waals surface area contributed by atoms with Crippen molar-refractivity contribution < 1.29 is 19.4 Å². The molecule has 4 fully saturated rings. The van der Waals surface area contributed by atoms with Crippen LogP contribution in [0.25, 0.3) is 0 Å². The second kappa shape index (κ2) is 4.47. The highest BCUT2D eigenvalue weighted by atomic mass is 16.6. The molecule has 1 atom stereocenters. The molecule has 0 aromatic heterocycles. The third-order valence-electron chi connectivity index (χ3n) is 5.00. The average Bonchev–Trinajstić information content (AvgIpc) is 2.24. The Hall–Kier alpha value is -1.10. The zero-order valence-electron chi connectivity index (χ0n) is 11.0. The van der Waals surface area contributed by atoms with E-state index in [0.29, 0.717) is 17.8 Å². The van der Waals surface area contributed by atoms with Gasteiger partial charge in [-0.2, -0.15) is 0 Å². The first-order chi connectivity index (χ1) is 8.96. The molecule has 4 aliphatic carbocycles. The number of carbonyl (C=O) groups excluding carboxylic acids is 1. The molecule has 5 heteroatoms. The van der Waals surface area contributed by atoms with Gasteiger partial charge in [0.05, 0.1) is 6.42 Å². The molecular formula is C14H21NO4. The van der Waals surface area contributed by atoms with Crippen LogP contribution in [0.5, 0.6) is 0 Å². The Balaban J connectivity index is 1.66. The molecule has 4 rings (SSSR count). The van der Waals surface area contributed by atoms with E-state index in [9.17, 15) is 9.59 Å². The van der Waals surface area contributed by atoms with Crippen molar-refractivity contribution in [3.8, 4) is 0 Å². The maximum atomic E-state index is 12.0. The molecule has 4 aliphatic rings. The van der Waals surface area contributed by atoms with Crippen molar-refractivity contribution in [2.24, 2.45) is 23.5 Å². The minimum atomic E-state index is -1.06. The minimum Gasteiger partial charge on any atom is -0.481 e. The molecule has 0 aromatic carbocycles. The summed E-state index contributed by atoms with van der Waals surface area (Å²) in [5.41, 5.74) is 5.26. The fraction of sp³-hybridized carbons (Fsp3) is 0.857. The van der Waals surface area contributed by atoms with Crippen LogP contribution in [0.15, 0.2) is 0 Å². The SMILES string of the molecule is N[C@@H](CC(=O)O)C(=O)OC12CC3CC(CC(C3)C1)C2. The lowest BCUT2D eigenvalue weighted by molar-refractivity contribution is -0.188. The topological polar surface area (TPSA) is 89.6 Å². The van der Waals surface area contributed by atoms with Gasteiger partial charge in [0.2, 0.25) is 0 Å². The highest BCUT2D eigenvalue weighted by Crippen LogP contribution is 2.57. The molecule has 0 radical (unpaired) electrons.